The van der Waals surface area contributed by atoms with Crippen LogP contribution in [-0.4, -0.2) is 87.3 Å². The average molecular weight is 690 g/mol. The zero-order valence-corrected chi connectivity index (χ0v) is 28.5. The number of morpholine rings is 1. The molecule has 0 amide bonds. The van der Waals surface area contributed by atoms with Crippen LogP contribution >= 0.6 is 11.6 Å². The van der Waals surface area contributed by atoms with E-state index in [4.69, 9.17) is 35.3 Å². The third kappa shape index (κ3) is 8.17. The Morgan fingerprint density at radius 3 is 2.51 bits per heavy atom. The second-order valence-electron chi connectivity index (χ2n) is 12.7. The van der Waals surface area contributed by atoms with Gasteiger partial charge in [0.25, 0.3) is 5.88 Å². The number of hydrogen-bond acceptors (Lipinski definition) is 13. The van der Waals surface area contributed by atoms with Crippen LogP contribution in [0.25, 0.3) is 11.1 Å². The first-order valence-electron chi connectivity index (χ1n) is 16.6. The Kier molecular flexibility index (Phi) is 10.0. The second kappa shape index (κ2) is 14.9. The first-order chi connectivity index (χ1) is 23.9. The summed E-state index contributed by atoms with van der Waals surface area (Å²) in [5, 5.41) is 19.9. The van der Waals surface area contributed by atoms with Crippen molar-refractivity contribution in [1.29, 1.82) is 0 Å². The van der Waals surface area contributed by atoms with E-state index in [0.717, 1.165) is 49.9 Å². The van der Waals surface area contributed by atoms with Gasteiger partial charge >= 0.3 is 0 Å². The monoisotopic (exact) mass is 689 g/mol. The fourth-order valence-corrected chi connectivity index (χ4v) is 6.79. The van der Waals surface area contributed by atoms with Gasteiger partial charge in [-0.2, -0.15) is 0 Å². The van der Waals surface area contributed by atoms with Crippen molar-refractivity contribution in [1.82, 2.24) is 49.8 Å². The molecule has 1 aromatic carbocycles. The minimum absolute atomic E-state index is 0.147. The molecular weight excluding hydrogens is 650 g/mol. The lowest BCUT2D eigenvalue weighted by molar-refractivity contribution is -0.0852. The molecule has 258 valence electrons. The fraction of sp³-hybridized carbons (Fsp3) is 0.485. The van der Waals surface area contributed by atoms with Crippen LogP contribution in [0.15, 0.2) is 60.0 Å². The van der Waals surface area contributed by atoms with E-state index in [1.807, 2.05) is 29.9 Å². The number of ether oxygens (including phenoxy) is 3. The van der Waals surface area contributed by atoms with Gasteiger partial charge < -0.3 is 23.9 Å². The van der Waals surface area contributed by atoms with Crippen LogP contribution in [0, 0.1) is 0 Å². The highest BCUT2D eigenvalue weighted by molar-refractivity contribution is 6.32. The summed E-state index contributed by atoms with van der Waals surface area (Å²) >= 11 is 6.46. The van der Waals surface area contributed by atoms with Gasteiger partial charge in [0.05, 0.1) is 42.2 Å². The lowest BCUT2D eigenvalue weighted by Crippen LogP contribution is -2.51. The average Bonchev–Trinajstić information content (AvgIpc) is 3.89. The van der Waals surface area contributed by atoms with Gasteiger partial charge in [-0.3, -0.25) is 9.58 Å². The molecule has 0 radical (unpaired) electrons. The molecule has 2 aliphatic rings. The Labute approximate surface area is 288 Å². The molecule has 5 aromatic rings. The number of benzene rings is 1. The van der Waals surface area contributed by atoms with E-state index in [0.29, 0.717) is 46.8 Å². The second-order valence-corrected chi connectivity index (χ2v) is 13.1. The van der Waals surface area contributed by atoms with Crippen LogP contribution < -0.4 is 14.8 Å². The Bertz CT molecular complexity index is 1770. The maximum absolute atomic E-state index is 6.46. The van der Waals surface area contributed by atoms with E-state index in [-0.39, 0.29) is 31.0 Å². The Morgan fingerprint density at radius 1 is 1.02 bits per heavy atom. The van der Waals surface area contributed by atoms with Crippen molar-refractivity contribution < 1.29 is 18.6 Å². The van der Waals surface area contributed by atoms with E-state index in [9.17, 15) is 0 Å². The van der Waals surface area contributed by atoms with Gasteiger partial charge in [0.15, 0.2) is 6.61 Å². The van der Waals surface area contributed by atoms with E-state index >= 15 is 0 Å². The van der Waals surface area contributed by atoms with Gasteiger partial charge in [-0.25, -0.2) is 19.6 Å². The lowest BCUT2D eigenvalue weighted by atomic mass is 9.89. The molecule has 0 bridgehead atoms. The molecule has 15 nitrogen and oxygen atoms in total. The van der Waals surface area contributed by atoms with Crippen molar-refractivity contribution in [3.63, 3.8) is 0 Å². The molecule has 1 aliphatic carbocycles. The highest BCUT2D eigenvalue weighted by Gasteiger charge is 2.32. The van der Waals surface area contributed by atoms with Gasteiger partial charge in [-0.1, -0.05) is 17.7 Å². The maximum atomic E-state index is 6.46. The smallest absolute Gasteiger partial charge is 0.257 e. The van der Waals surface area contributed by atoms with Crippen molar-refractivity contribution in [2.45, 2.75) is 90.0 Å². The molecule has 5 heterocycles. The van der Waals surface area contributed by atoms with Crippen molar-refractivity contribution in [3.8, 4) is 22.8 Å². The van der Waals surface area contributed by atoms with Gasteiger partial charge in [-0.05, 0) is 74.6 Å². The molecule has 3 atom stereocenters. The van der Waals surface area contributed by atoms with E-state index in [1.165, 1.54) is 6.26 Å². The zero-order chi connectivity index (χ0) is 33.7. The molecule has 0 spiro atoms. The molecule has 49 heavy (non-hydrogen) atoms. The Balaban J connectivity index is 1.03. The highest BCUT2D eigenvalue weighted by Crippen LogP contribution is 2.36. The number of nitrogens with one attached hydrogen (secondary N) is 1. The summed E-state index contributed by atoms with van der Waals surface area (Å²) in [6.45, 7) is 8.85. The van der Waals surface area contributed by atoms with Crippen LogP contribution in [-0.2, 0) is 17.9 Å². The van der Waals surface area contributed by atoms with Gasteiger partial charge in [0.1, 0.15) is 30.1 Å². The molecule has 1 saturated carbocycles. The quantitative estimate of drug-likeness (QED) is 0.179. The van der Waals surface area contributed by atoms with Crippen LogP contribution in [0.4, 0.5) is 11.6 Å². The number of tetrazole rings is 1. The molecule has 16 heteroatoms. The molecule has 2 fully saturated rings. The maximum Gasteiger partial charge on any atom is 0.257 e. The van der Waals surface area contributed by atoms with Crippen molar-refractivity contribution in [2.24, 2.45) is 0 Å². The van der Waals surface area contributed by atoms with E-state index in [2.05, 4.69) is 54.5 Å². The van der Waals surface area contributed by atoms with Crippen molar-refractivity contribution in [3.05, 3.63) is 66.5 Å². The summed E-state index contributed by atoms with van der Waals surface area (Å²) in [4.78, 5) is 16.0. The molecule has 1 N–H and O–H groups in total. The fourth-order valence-electron chi connectivity index (χ4n) is 6.63. The predicted molar refractivity (Wildman–Crippen MR) is 180 cm³/mol. The largest absolute Gasteiger partial charge is 0.487 e. The molecule has 4 aromatic heterocycles. The third-order valence-electron chi connectivity index (χ3n) is 8.85. The first-order valence-corrected chi connectivity index (χ1v) is 17.0. The lowest BCUT2D eigenvalue weighted by Gasteiger charge is -2.42. The Morgan fingerprint density at radius 2 is 1.80 bits per heavy atom. The molecule has 1 saturated heterocycles. The number of hydrogen-bond donors (Lipinski definition) is 1. The van der Waals surface area contributed by atoms with Gasteiger partial charge in [0.2, 0.25) is 11.8 Å². The third-order valence-corrected chi connectivity index (χ3v) is 9.16. The van der Waals surface area contributed by atoms with E-state index < -0.39 is 0 Å². The minimum Gasteiger partial charge on any atom is -0.487 e. The molecule has 1 aliphatic heterocycles. The standard InChI is InChI=1S/C33H40ClN11O4/c1-21-15-43(16-22(2)48-21)26-5-7-27(8-6-26)45-18-29(32(40-45)47-19-31-35-10-11-46-31)39-33-36-13-25(14-37-33)24-4-9-28(34)30(12-24)49-23(3)17-44-20-38-41-42-44/h4,9-14,18,20-23,26-27H,5-8,15-17,19H2,1-3H3,(H,36,37,39)/t21-,22+,23-,26-,27-/m0/s1. The molecule has 0 unspecified atom stereocenters. The number of aromatic nitrogens is 9. The summed E-state index contributed by atoms with van der Waals surface area (Å²) < 4.78 is 27.1. The van der Waals surface area contributed by atoms with Crippen LogP contribution in [0.3, 0.4) is 0 Å². The van der Waals surface area contributed by atoms with Crippen molar-refractivity contribution >= 4 is 23.2 Å². The van der Waals surface area contributed by atoms with E-state index in [1.54, 1.807) is 35.7 Å². The molecule has 7 rings (SSSR count). The topological polar surface area (TPSA) is 156 Å². The van der Waals surface area contributed by atoms with Crippen molar-refractivity contribution in [2.75, 3.05) is 18.4 Å². The summed E-state index contributed by atoms with van der Waals surface area (Å²) in [7, 11) is 0. The summed E-state index contributed by atoms with van der Waals surface area (Å²) in [6, 6.07) is 6.39. The van der Waals surface area contributed by atoms with Crippen LogP contribution in [0.1, 0.15) is 58.4 Å². The number of rotatable bonds is 12. The minimum atomic E-state index is -0.215. The van der Waals surface area contributed by atoms with Crippen LogP contribution in [0.2, 0.25) is 5.02 Å². The van der Waals surface area contributed by atoms with Gasteiger partial charge in [-0.15, -0.1) is 10.2 Å². The SMILES string of the molecule is C[C@@H]1CN([C@H]2CC[C@H](n3cc(Nc4ncc(-c5ccc(Cl)c(O[C@@H](C)Cn6cnnn6)c5)cn4)c(OCc4ncco4)n3)CC2)C[C@H](C)O1. The predicted octanol–water partition coefficient (Wildman–Crippen LogP) is 5.35. The number of oxazole rings is 1. The summed E-state index contributed by atoms with van der Waals surface area (Å²) in [6.07, 6.45) is 14.7. The Hall–Kier alpha value is -4.60. The summed E-state index contributed by atoms with van der Waals surface area (Å²) in [5.41, 5.74) is 2.33. The first kappa shape index (κ1) is 32.9. The number of nitrogens with zero attached hydrogens (tertiary/aromatic N) is 10. The van der Waals surface area contributed by atoms with Gasteiger partial charge in [0, 0.05) is 37.1 Å². The number of anilines is 2. The number of halogens is 1. The van der Waals surface area contributed by atoms with Crippen LogP contribution in [0.5, 0.6) is 11.6 Å². The summed E-state index contributed by atoms with van der Waals surface area (Å²) in [5.74, 6) is 1.85. The zero-order valence-electron chi connectivity index (χ0n) is 27.7. The molecular formula is C33H40ClN11O4. The highest BCUT2D eigenvalue weighted by atomic mass is 35.5. The normalized spacial score (nSPS) is 22.1.